The van der Waals surface area contributed by atoms with Crippen LogP contribution < -0.4 is 0 Å². The van der Waals surface area contributed by atoms with E-state index in [1.54, 1.807) is 12.1 Å². The molecule has 0 spiro atoms. The van der Waals surface area contributed by atoms with Crippen molar-refractivity contribution in [1.29, 1.82) is 0 Å². The average molecular weight is 332 g/mol. The molecule has 1 fully saturated rings. The quantitative estimate of drug-likeness (QED) is 0.834. The summed E-state index contributed by atoms with van der Waals surface area (Å²) in [5.74, 6) is 0. The van der Waals surface area contributed by atoms with E-state index < -0.39 is 16.1 Å². The van der Waals surface area contributed by atoms with Crippen LogP contribution in [0.1, 0.15) is 5.56 Å². The van der Waals surface area contributed by atoms with Crippen LogP contribution in [0.15, 0.2) is 39.8 Å². The molecule has 0 unspecified atom stereocenters. The van der Waals surface area contributed by atoms with Gasteiger partial charge in [0.1, 0.15) is 6.61 Å². The highest BCUT2D eigenvalue weighted by molar-refractivity contribution is 9.11. The van der Waals surface area contributed by atoms with Crippen molar-refractivity contribution in [2.24, 2.45) is 0 Å². The van der Waals surface area contributed by atoms with E-state index >= 15 is 0 Å². The molecule has 18 heavy (non-hydrogen) atoms. The molecular formula is C11H10BrNO4S. The van der Waals surface area contributed by atoms with Crippen LogP contribution in [0, 0.1) is 6.92 Å². The largest absolute Gasteiger partial charge is 0.442 e. The minimum absolute atomic E-state index is 0.0544. The molecule has 0 N–H and O–H groups in total. The topological polar surface area (TPSA) is 63.7 Å². The summed E-state index contributed by atoms with van der Waals surface area (Å²) < 4.78 is 29.9. The Bertz CT molecular complexity index is 606. The Morgan fingerprint density at radius 3 is 2.50 bits per heavy atom. The first kappa shape index (κ1) is 13.1. The first-order valence-corrected chi connectivity index (χ1v) is 7.40. The Kier molecular flexibility index (Phi) is 3.45. The number of benzene rings is 1. The normalized spacial score (nSPS) is 18.2. The zero-order chi connectivity index (χ0) is 13.3. The third-order valence-corrected chi connectivity index (χ3v) is 4.72. The molecule has 1 saturated heterocycles. The Morgan fingerprint density at radius 2 is 1.94 bits per heavy atom. The number of hydrogen-bond acceptors (Lipinski definition) is 4. The van der Waals surface area contributed by atoms with E-state index in [0.717, 1.165) is 5.56 Å². The van der Waals surface area contributed by atoms with Crippen LogP contribution in [0.3, 0.4) is 0 Å². The molecule has 1 heterocycles. The van der Waals surface area contributed by atoms with Gasteiger partial charge in [-0.05, 0) is 19.1 Å². The summed E-state index contributed by atoms with van der Waals surface area (Å²) in [7, 11) is -3.91. The molecule has 0 aromatic heterocycles. The van der Waals surface area contributed by atoms with Gasteiger partial charge in [0, 0.05) is 4.99 Å². The van der Waals surface area contributed by atoms with Crippen LogP contribution in [0.2, 0.25) is 0 Å². The SMILES string of the molecule is Cc1ccc(S(=O)(=O)N2C(=O)OC/C2=C\Br)cc1. The maximum atomic E-state index is 12.3. The van der Waals surface area contributed by atoms with Crippen molar-refractivity contribution in [2.45, 2.75) is 11.8 Å². The fourth-order valence-corrected chi connectivity index (χ4v) is 3.34. The monoisotopic (exact) mass is 331 g/mol. The molecule has 2 rings (SSSR count). The van der Waals surface area contributed by atoms with E-state index in [1.807, 2.05) is 6.92 Å². The van der Waals surface area contributed by atoms with Gasteiger partial charge in [-0.3, -0.25) is 0 Å². The van der Waals surface area contributed by atoms with Crippen molar-refractivity contribution in [2.75, 3.05) is 6.61 Å². The lowest BCUT2D eigenvalue weighted by Crippen LogP contribution is -2.30. The minimum Gasteiger partial charge on any atom is -0.442 e. The fraction of sp³-hybridized carbons (Fsp3) is 0.182. The summed E-state index contributed by atoms with van der Waals surface area (Å²) in [5, 5.41) is 0. The van der Waals surface area contributed by atoms with Crippen LogP contribution in [0.25, 0.3) is 0 Å². The number of amides is 1. The first-order valence-electron chi connectivity index (χ1n) is 5.05. The number of sulfonamides is 1. The van der Waals surface area contributed by atoms with Gasteiger partial charge in [-0.2, -0.15) is 4.31 Å². The van der Waals surface area contributed by atoms with Crippen molar-refractivity contribution in [1.82, 2.24) is 4.31 Å². The van der Waals surface area contributed by atoms with Crippen LogP contribution in [-0.4, -0.2) is 25.4 Å². The summed E-state index contributed by atoms with van der Waals surface area (Å²) >= 11 is 3.02. The molecule has 1 amide bonds. The number of ether oxygens (including phenoxy) is 1. The molecule has 0 radical (unpaired) electrons. The van der Waals surface area contributed by atoms with Gasteiger partial charge in [-0.25, -0.2) is 13.2 Å². The van der Waals surface area contributed by atoms with Gasteiger partial charge in [0.25, 0.3) is 10.0 Å². The maximum Gasteiger partial charge on any atom is 0.428 e. The van der Waals surface area contributed by atoms with E-state index in [9.17, 15) is 13.2 Å². The second-order valence-corrected chi connectivity index (χ2v) is 5.98. The summed E-state index contributed by atoms with van der Waals surface area (Å²) in [4.78, 5) is 12.9. The predicted molar refractivity (Wildman–Crippen MR) is 68.6 cm³/mol. The molecule has 0 bridgehead atoms. The Hall–Kier alpha value is -1.34. The van der Waals surface area contributed by atoms with Crippen molar-refractivity contribution < 1.29 is 17.9 Å². The van der Waals surface area contributed by atoms with E-state index in [2.05, 4.69) is 15.9 Å². The molecule has 0 saturated carbocycles. The smallest absolute Gasteiger partial charge is 0.428 e. The molecule has 0 atom stereocenters. The van der Waals surface area contributed by atoms with Crippen molar-refractivity contribution >= 4 is 32.0 Å². The number of carbonyl (C=O) groups excluding carboxylic acids is 1. The maximum absolute atomic E-state index is 12.3. The molecule has 96 valence electrons. The lowest BCUT2D eigenvalue weighted by molar-refractivity contribution is 0.170. The molecule has 5 nitrogen and oxygen atoms in total. The van der Waals surface area contributed by atoms with Gasteiger partial charge < -0.3 is 4.74 Å². The Labute approximate surface area is 113 Å². The number of carbonyl (C=O) groups is 1. The molecule has 1 aromatic rings. The number of cyclic esters (lactones) is 1. The zero-order valence-corrected chi connectivity index (χ0v) is 11.9. The number of aryl methyl sites for hydroxylation is 1. The molecular weight excluding hydrogens is 322 g/mol. The van der Waals surface area contributed by atoms with Gasteiger partial charge in [0.2, 0.25) is 0 Å². The Balaban J connectivity index is 2.48. The van der Waals surface area contributed by atoms with Crippen LogP contribution in [0.4, 0.5) is 4.79 Å². The van der Waals surface area contributed by atoms with Crippen LogP contribution in [-0.2, 0) is 14.8 Å². The Morgan fingerprint density at radius 1 is 1.33 bits per heavy atom. The van der Waals surface area contributed by atoms with Crippen LogP contribution >= 0.6 is 15.9 Å². The molecule has 1 aliphatic heterocycles. The highest BCUT2D eigenvalue weighted by Crippen LogP contribution is 2.26. The molecule has 7 heteroatoms. The standard InChI is InChI=1S/C11H10BrNO4S/c1-8-2-4-10(5-3-8)18(15,16)13-9(6-12)7-17-11(13)14/h2-6H,7H2,1H3/b9-6+. The zero-order valence-electron chi connectivity index (χ0n) is 9.46. The van der Waals surface area contributed by atoms with E-state index in [0.29, 0.717) is 4.31 Å². The van der Waals surface area contributed by atoms with Crippen molar-refractivity contribution in [3.63, 3.8) is 0 Å². The van der Waals surface area contributed by atoms with Crippen LogP contribution in [0.5, 0.6) is 0 Å². The van der Waals surface area contributed by atoms with E-state index in [1.165, 1.54) is 17.1 Å². The first-order chi connectivity index (χ1) is 8.46. The third kappa shape index (κ3) is 2.15. The number of hydrogen-bond donors (Lipinski definition) is 0. The third-order valence-electron chi connectivity index (χ3n) is 2.46. The summed E-state index contributed by atoms with van der Waals surface area (Å²) in [6.45, 7) is 1.79. The summed E-state index contributed by atoms with van der Waals surface area (Å²) in [6.07, 6.45) is -0.888. The highest BCUT2D eigenvalue weighted by Gasteiger charge is 2.38. The van der Waals surface area contributed by atoms with Gasteiger partial charge in [-0.15, -0.1) is 0 Å². The number of nitrogens with zero attached hydrogens (tertiary/aromatic N) is 1. The van der Waals surface area contributed by atoms with Crippen molar-refractivity contribution in [3.8, 4) is 0 Å². The van der Waals surface area contributed by atoms with E-state index in [4.69, 9.17) is 4.74 Å². The molecule has 0 aliphatic carbocycles. The number of halogens is 1. The molecule has 1 aliphatic rings. The van der Waals surface area contributed by atoms with Gasteiger partial charge >= 0.3 is 6.09 Å². The van der Waals surface area contributed by atoms with Gasteiger partial charge in [-0.1, -0.05) is 33.6 Å². The lowest BCUT2D eigenvalue weighted by atomic mass is 10.2. The second-order valence-electron chi connectivity index (χ2n) is 3.74. The van der Waals surface area contributed by atoms with Crippen molar-refractivity contribution in [3.05, 3.63) is 40.5 Å². The fourth-order valence-electron chi connectivity index (χ4n) is 1.51. The van der Waals surface area contributed by atoms with Gasteiger partial charge in [0.15, 0.2) is 0 Å². The summed E-state index contributed by atoms with van der Waals surface area (Å²) in [5.41, 5.74) is 1.19. The summed E-state index contributed by atoms with van der Waals surface area (Å²) in [6, 6.07) is 6.27. The molecule has 1 aromatic carbocycles. The lowest BCUT2D eigenvalue weighted by Gasteiger charge is -2.14. The second kappa shape index (κ2) is 4.74. The number of rotatable bonds is 2. The van der Waals surface area contributed by atoms with Gasteiger partial charge in [0.05, 0.1) is 10.6 Å². The average Bonchev–Trinajstić information content (AvgIpc) is 2.71. The minimum atomic E-state index is -3.91. The highest BCUT2D eigenvalue weighted by atomic mass is 79.9. The van der Waals surface area contributed by atoms with E-state index in [-0.39, 0.29) is 17.2 Å². The predicted octanol–water partition coefficient (Wildman–Crippen LogP) is 2.37.